The number of nitro benzene ring substituents is 1. The minimum atomic E-state index is -0.435. The largest absolute Gasteiger partial charge is 0.485 e. The number of nitrogens with zero attached hydrogens (tertiary/aromatic N) is 2. The molecule has 20 heavy (non-hydrogen) atoms. The summed E-state index contributed by atoms with van der Waals surface area (Å²) in [5.74, 6) is 0.255. The molecule has 1 aromatic carbocycles. The van der Waals surface area contributed by atoms with E-state index in [0.717, 1.165) is 30.4 Å². The number of ether oxygens (including phenoxy) is 1. The van der Waals surface area contributed by atoms with Gasteiger partial charge in [0.2, 0.25) is 0 Å². The van der Waals surface area contributed by atoms with Crippen LogP contribution in [0.15, 0.2) is 17.6 Å². The third-order valence-corrected chi connectivity index (χ3v) is 4.53. The summed E-state index contributed by atoms with van der Waals surface area (Å²) in [5, 5.41) is 11.3. The Labute approximate surface area is 119 Å². The smallest absolute Gasteiger partial charge is 0.337 e. The highest BCUT2D eigenvalue weighted by Gasteiger charge is 2.31. The van der Waals surface area contributed by atoms with Crippen LogP contribution in [0.3, 0.4) is 0 Å². The maximum Gasteiger partial charge on any atom is 0.337 e. The summed E-state index contributed by atoms with van der Waals surface area (Å²) in [6.45, 7) is 0.309. The normalized spacial score (nSPS) is 17.4. The molecule has 3 rings (SSSR count). The molecular weight excluding hydrogens is 278 g/mol. The molecule has 1 aliphatic carbocycles. The van der Waals surface area contributed by atoms with Gasteiger partial charge in [-0.2, -0.15) is 0 Å². The fourth-order valence-electron chi connectivity index (χ4n) is 2.64. The van der Waals surface area contributed by atoms with E-state index in [-0.39, 0.29) is 17.0 Å². The SMILES string of the molecule is NC1(COc2ccc3scnc3c2[N+](=O)[O-])CCCC1. The summed E-state index contributed by atoms with van der Waals surface area (Å²) >= 11 is 1.37. The number of fused-ring (bicyclic) bond motifs is 1. The van der Waals surface area contributed by atoms with Crippen molar-refractivity contribution in [2.45, 2.75) is 31.2 Å². The Kier molecular flexibility index (Phi) is 3.31. The zero-order valence-electron chi connectivity index (χ0n) is 10.9. The van der Waals surface area contributed by atoms with Crippen LogP contribution in [-0.4, -0.2) is 22.1 Å². The van der Waals surface area contributed by atoms with Crippen LogP contribution in [0.2, 0.25) is 0 Å². The molecule has 0 unspecified atom stereocenters. The average Bonchev–Trinajstić information content (AvgIpc) is 3.04. The first-order valence-electron chi connectivity index (χ1n) is 6.51. The molecule has 1 aliphatic rings. The van der Waals surface area contributed by atoms with Crippen molar-refractivity contribution >= 4 is 27.2 Å². The lowest BCUT2D eigenvalue weighted by Crippen LogP contribution is -2.42. The van der Waals surface area contributed by atoms with Gasteiger partial charge in [-0.15, -0.1) is 11.3 Å². The summed E-state index contributed by atoms with van der Waals surface area (Å²) in [6.07, 6.45) is 3.99. The minimum absolute atomic E-state index is 0.0645. The molecule has 1 aromatic heterocycles. The van der Waals surface area contributed by atoms with Crippen LogP contribution in [-0.2, 0) is 0 Å². The quantitative estimate of drug-likeness (QED) is 0.691. The third-order valence-electron chi connectivity index (χ3n) is 3.74. The number of nitrogens with two attached hydrogens (primary N) is 1. The Morgan fingerprint density at radius 3 is 2.90 bits per heavy atom. The van der Waals surface area contributed by atoms with Crippen LogP contribution in [0.25, 0.3) is 10.2 Å². The van der Waals surface area contributed by atoms with Crippen molar-refractivity contribution in [2.24, 2.45) is 5.73 Å². The van der Waals surface area contributed by atoms with Gasteiger partial charge in [-0.05, 0) is 25.0 Å². The highest BCUT2D eigenvalue weighted by atomic mass is 32.1. The second-order valence-electron chi connectivity index (χ2n) is 5.23. The molecule has 1 saturated carbocycles. The molecule has 1 fully saturated rings. The maximum absolute atomic E-state index is 11.3. The second kappa shape index (κ2) is 4.99. The fourth-order valence-corrected chi connectivity index (χ4v) is 3.32. The number of hydrogen-bond donors (Lipinski definition) is 1. The van der Waals surface area contributed by atoms with Crippen molar-refractivity contribution < 1.29 is 9.66 Å². The number of aromatic nitrogens is 1. The minimum Gasteiger partial charge on any atom is -0.485 e. The molecule has 0 amide bonds. The van der Waals surface area contributed by atoms with E-state index in [2.05, 4.69) is 4.98 Å². The predicted molar refractivity (Wildman–Crippen MR) is 77.2 cm³/mol. The van der Waals surface area contributed by atoms with E-state index in [4.69, 9.17) is 10.5 Å². The Morgan fingerprint density at radius 2 is 2.20 bits per heavy atom. The second-order valence-corrected chi connectivity index (χ2v) is 6.11. The lowest BCUT2D eigenvalue weighted by Gasteiger charge is -2.23. The van der Waals surface area contributed by atoms with Crippen molar-refractivity contribution in [1.82, 2.24) is 4.98 Å². The van der Waals surface area contributed by atoms with Crippen molar-refractivity contribution in [3.05, 3.63) is 27.8 Å². The van der Waals surface area contributed by atoms with Crippen LogP contribution in [0, 0.1) is 10.1 Å². The van der Waals surface area contributed by atoms with Crippen LogP contribution in [0.4, 0.5) is 5.69 Å². The maximum atomic E-state index is 11.3. The number of benzene rings is 1. The summed E-state index contributed by atoms with van der Waals surface area (Å²) in [5.41, 5.74) is 7.78. The highest BCUT2D eigenvalue weighted by molar-refractivity contribution is 7.16. The standard InChI is InChI=1S/C13H15N3O3S/c14-13(5-1-2-6-13)7-19-9-3-4-10-11(15-8-20-10)12(9)16(17)18/h3-4,8H,1-2,5-7,14H2. The van der Waals surface area contributed by atoms with Gasteiger partial charge >= 0.3 is 5.69 Å². The van der Waals surface area contributed by atoms with E-state index in [1.165, 1.54) is 11.3 Å². The van der Waals surface area contributed by atoms with Gasteiger partial charge in [0.15, 0.2) is 11.3 Å². The Balaban J connectivity index is 1.90. The summed E-state index contributed by atoms with van der Waals surface area (Å²) in [7, 11) is 0. The fraction of sp³-hybridized carbons (Fsp3) is 0.462. The Bertz CT molecular complexity index is 649. The van der Waals surface area contributed by atoms with E-state index < -0.39 is 4.92 Å². The Morgan fingerprint density at radius 1 is 1.45 bits per heavy atom. The average molecular weight is 293 g/mol. The molecule has 0 aliphatic heterocycles. The van der Waals surface area contributed by atoms with Crippen LogP contribution >= 0.6 is 11.3 Å². The van der Waals surface area contributed by atoms with Crippen LogP contribution in [0.1, 0.15) is 25.7 Å². The first kappa shape index (κ1) is 13.3. The number of hydrogen-bond acceptors (Lipinski definition) is 6. The van der Waals surface area contributed by atoms with Gasteiger partial charge in [-0.25, -0.2) is 4.98 Å². The van der Waals surface area contributed by atoms with Gasteiger partial charge in [0, 0.05) is 0 Å². The summed E-state index contributed by atoms with van der Waals surface area (Å²) < 4.78 is 6.45. The van der Waals surface area contributed by atoms with Gasteiger partial charge in [0.05, 0.1) is 20.7 Å². The topological polar surface area (TPSA) is 91.3 Å². The molecule has 6 nitrogen and oxygen atoms in total. The molecule has 0 spiro atoms. The zero-order valence-corrected chi connectivity index (χ0v) is 11.7. The van der Waals surface area contributed by atoms with Gasteiger partial charge in [0.1, 0.15) is 6.61 Å². The molecular formula is C13H15N3O3S. The first-order chi connectivity index (χ1) is 9.59. The van der Waals surface area contributed by atoms with E-state index in [1.807, 2.05) is 0 Å². The molecule has 2 N–H and O–H groups in total. The lowest BCUT2D eigenvalue weighted by molar-refractivity contribution is -0.384. The number of thiazole rings is 1. The van der Waals surface area contributed by atoms with Gasteiger partial charge in [0.25, 0.3) is 0 Å². The first-order valence-corrected chi connectivity index (χ1v) is 7.39. The molecule has 7 heteroatoms. The van der Waals surface area contributed by atoms with Gasteiger partial charge < -0.3 is 10.5 Å². The van der Waals surface area contributed by atoms with E-state index in [0.29, 0.717) is 12.1 Å². The van der Waals surface area contributed by atoms with Crippen molar-refractivity contribution in [1.29, 1.82) is 0 Å². The molecule has 0 saturated heterocycles. The molecule has 1 heterocycles. The predicted octanol–water partition coefficient (Wildman–Crippen LogP) is 2.85. The highest BCUT2D eigenvalue weighted by Crippen LogP contribution is 2.37. The molecule has 0 atom stereocenters. The molecule has 2 aromatic rings. The lowest BCUT2D eigenvalue weighted by atomic mass is 10.0. The van der Waals surface area contributed by atoms with E-state index in [1.54, 1.807) is 17.6 Å². The molecule has 0 bridgehead atoms. The Hall–Kier alpha value is -1.73. The van der Waals surface area contributed by atoms with Crippen LogP contribution in [0.5, 0.6) is 5.75 Å². The van der Waals surface area contributed by atoms with Crippen molar-refractivity contribution in [3.63, 3.8) is 0 Å². The number of rotatable bonds is 4. The zero-order chi connectivity index (χ0) is 14.2. The monoisotopic (exact) mass is 293 g/mol. The van der Waals surface area contributed by atoms with Gasteiger partial charge in [-0.1, -0.05) is 12.8 Å². The van der Waals surface area contributed by atoms with Crippen molar-refractivity contribution in [2.75, 3.05) is 6.61 Å². The third kappa shape index (κ3) is 2.34. The number of nitro groups is 1. The van der Waals surface area contributed by atoms with E-state index in [9.17, 15) is 10.1 Å². The van der Waals surface area contributed by atoms with Gasteiger partial charge in [-0.3, -0.25) is 10.1 Å². The van der Waals surface area contributed by atoms with E-state index >= 15 is 0 Å². The molecule has 0 radical (unpaired) electrons. The molecule has 106 valence electrons. The van der Waals surface area contributed by atoms with Crippen LogP contribution < -0.4 is 10.5 Å². The summed E-state index contributed by atoms with van der Waals surface area (Å²) in [6, 6.07) is 3.43. The van der Waals surface area contributed by atoms with Crippen molar-refractivity contribution in [3.8, 4) is 5.75 Å². The summed E-state index contributed by atoms with van der Waals surface area (Å²) in [4.78, 5) is 14.9.